The van der Waals surface area contributed by atoms with Crippen LogP contribution >= 0.6 is 22.7 Å². The molecule has 32 heavy (non-hydrogen) atoms. The predicted molar refractivity (Wildman–Crippen MR) is 124 cm³/mol. The summed E-state index contributed by atoms with van der Waals surface area (Å²) < 4.78 is 46.6. The van der Waals surface area contributed by atoms with Gasteiger partial charge in [0.05, 0.1) is 10.6 Å². The van der Waals surface area contributed by atoms with Crippen molar-refractivity contribution in [3.8, 4) is 9.88 Å². The van der Waals surface area contributed by atoms with Crippen LogP contribution in [0.2, 0.25) is 0 Å². The monoisotopic (exact) mass is 491 g/mol. The van der Waals surface area contributed by atoms with E-state index >= 15 is 0 Å². The summed E-state index contributed by atoms with van der Waals surface area (Å²) >= 11 is 2.99. The second-order valence-electron chi connectivity index (χ2n) is 6.96. The smallest absolute Gasteiger partial charge is 0.357 e. The van der Waals surface area contributed by atoms with Gasteiger partial charge in [-0.15, -0.1) is 22.7 Å². The van der Waals surface area contributed by atoms with Gasteiger partial charge in [0.15, 0.2) is 0 Å². The van der Waals surface area contributed by atoms with Crippen molar-refractivity contribution < 1.29 is 22.4 Å². The van der Waals surface area contributed by atoms with Crippen LogP contribution in [-0.4, -0.2) is 18.0 Å². The highest BCUT2D eigenvalue weighted by Crippen LogP contribution is 2.30. The predicted octanol–water partition coefficient (Wildman–Crippen LogP) is 4.22. The number of hydrogen-bond donors (Lipinski definition) is 3. The van der Waals surface area contributed by atoms with Crippen molar-refractivity contribution in [2.24, 2.45) is 0 Å². The summed E-state index contributed by atoms with van der Waals surface area (Å²) in [5, 5.41) is 17.7. The van der Waals surface area contributed by atoms with E-state index in [9.17, 15) is 18.0 Å². The van der Waals surface area contributed by atoms with Crippen LogP contribution in [0, 0.1) is 11.0 Å². The lowest BCUT2D eigenvalue weighted by Gasteiger charge is -2.30. The second-order valence-corrected chi connectivity index (χ2v) is 9.92. The van der Waals surface area contributed by atoms with E-state index in [0.29, 0.717) is 5.69 Å². The summed E-state index contributed by atoms with van der Waals surface area (Å²) in [5.41, 5.74) is 1.79. The van der Waals surface area contributed by atoms with Crippen molar-refractivity contribution in [2.75, 3.05) is 4.72 Å². The number of nitrogens with zero attached hydrogens (tertiary/aromatic N) is 1. The van der Waals surface area contributed by atoms with Crippen LogP contribution < -0.4 is 9.79 Å². The largest absolute Gasteiger partial charge is 0.628 e. The number of thiophene rings is 1. The van der Waals surface area contributed by atoms with Gasteiger partial charge in [0.25, 0.3) is 0 Å². The lowest BCUT2D eigenvalue weighted by atomic mass is 10.0. The van der Waals surface area contributed by atoms with Gasteiger partial charge < -0.3 is 10.3 Å². The molecule has 2 aromatic carbocycles. The van der Waals surface area contributed by atoms with Crippen LogP contribution in [0.5, 0.6) is 0 Å². The van der Waals surface area contributed by atoms with Gasteiger partial charge in [-0.3, -0.25) is 9.27 Å². The van der Waals surface area contributed by atoms with Crippen LogP contribution in [0.15, 0.2) is 71.4 Å². The minimum atomic E-state index is -4.38. The summed E-state index contributed by atoms with van der Waals surface area (Å²) in [6, 6.07) is 15.1. The molecule has 0 amide bonds. The number of benzene rings is 2. The van der Waals surface area contributed by atoms with Crippen molar-refractivity contribution in [2.45, 2.75) is 12.5 Å². The number of thiazole rings is 1. The van der Waals surface area contributed by atoms with Gasteiger partial charge in [-0.25, -0.2) is 9.37 Å². The van der Waals surface area contributed by atoms with E-state index in [1.165, 1.54) is 41.7 Å². The Morgan fingerprint density at radius 2 is 1.91 bits per heavy atom. The van der Waals surface area contributed by atoms with E-state index in [1.54, 1.807) is 29.5 Å². The van der Waals surface area contributed by atoms with Crippen LogP contribution in [0.4, 0.5) is 15.8 Å². The fourth-order valence-corrected chi connectivity index (χ4v) is 5.35. The number of quaternary nitrogens is 1. The first-order chi connectivity index (χ1) is 15.3. The molecule has 0 saturated carbocycles. The van der Waals surface area contributed by atoms with Crippen molar-refractivity contribution in [1.29, 1.82) is 0 Å². The molecule has 0 aliphatic carbocycles. The van der Waals surface area contributed by atoms with Crippen molar-refractivity contribution in [1.82, 2.24) is 4.98 Å². The number of rotatable bonds is 8. The molecule has 7 nitrogen and oxygen atoms in total. The van der Waals surface area contributed by atoms with Gasteiger partial charge in [0.2, 0.25) is 0 Å². The number of aromatic nitrogens is 1. The first kappa shape index (κ1) is 22.5. The molecule has 11 heteroatoms. The molecule has 0 spiro atoms. The standard InChI is InChI=1S/C21H18FN3O4S3/c22-15-3-1-4-17(12-15)25(26)19(18-13-31-21(23-18)20-5-2-10-30-20)11-14-6-8-16(9-7-14)24-32(27,28)29/h1-10,12-13,19,24-25H,11H2,(H,27,28,29). The molecular formula is C21H18FN3O4S3. The highest BCUT2D eigenvalue weighted by Gasteiger charge is 2.25. The minimum absolute atomic E-state index is 0.192. The molecule has 0 fully saturated rings. The molecule has 2 atom stereocenters. The van der Waals surface area contributed by atoms with Gasteiger partial charge in [-0.1, -0.05) is 24.3 Å². The van der Waals surface area contributed by atoms with Crippen LogP contribution in [0.25, 0.3) is 9.88 Å². The third-order valence-corrected chi connectivity index (χ3v) is 7.07. The number of halogens is 1. The molecule has 4 rings (SSSR count). The molecule has 0 saturated heterocycles. The third-order valence-electron chi connectivity index (χ3n) is 4.68. The average molecular weight is 492 g/mol. The van der Waals surface area contributed by atoms with E-state index in [1.807, 2.05) is 27.6 Å². The Kier molecular flexibility index (Phi) is 6.65. The van der Waals surface area contributed by atoms with Crippen LogP contribution in [-0.2, 0) is 16.7 Å². The van der Waals surface area contributed by atoms with Crippen LogP contribution in [0.1, 0.15) is 17.3 Å². The fraction of sp³-hybridized carbons (Fsp3) is 0.0952. The van der Waals surface area contributed by atoms with Gasteiger partial charge in [-0.05, 0) is 41.3 Å². The molecule has 4 aromatic rings. The average Bonchev–Trinajstić information content (AvgIpc) is 3.43. The third kappa shape index (κ3) is 5.57. The summed E-state index contributed by atoms with van der Waals surface area (Å²) in [5.74, 6) is -0.493. The normalized spacial score (nSPS) is 13.6. The quantitative estimate of drug-likeness (QED) is 0.253. The fourth-order valence-electron chi connectivity index (χ4n) is 3.23. The molecule has 0 radical (unpaired) electrons. The lowest BCUT2D eigenvalue weighted by molar-refractivity contribution is -0.814. The highest BCUT2D eigenvalue weighted by atomic mass is 32.2. The lowest BCUT2D eigenvalue weighted by Crippen LogP contribution is -3.02. The highest BCUT2D eigenvalue weighted by molar-refractivity contribution is 7.87. The summed E-state index contributed by atoms with van der Waals surface area (Å²) in [7, 11) is -4.38. The Labute approximate surface area is 192 Å². The maximum absolute atomic E-state index is 13.7. The first-order valence-electron chi connectivity index (χ1n) is 9.42. The van der Waals surface area contributed by atoms with E-state index in [0.717, 1.165) is 15.4 Å². The Bertz CT molecular complexity index is 1290. The Morgan fingerprint density at radius 1 is 1.12 bits per heavy atom. The van der Waals surface area contributed by atoms with Crippen molar-refractivity contribution in [3.63, 3.8) is 0 Å². The van der Waals surface area contributed by atoms with Crippen LogP contribution in [0.3, 0.4) is 0 Å². The molecule has 0 bridgehead atoms. The molecule has 2 unspecified atom stereocenters. The zero-order valence-electron chi connectivity index (χ0n) is 16.4. The Balaban J connectivity index is 1.64. The van der Waals surface area contributed by atoms with E-state index in [4.69, 9.17) is 4.55 Å². The number of hydroxylamine groups is 1. The van der Waals surface area contributed by atoms with Gasteiger partial charge in [-0.2, -0.15) is 8.42 Å². The zero-order chi connectivity index (χ0) is 22.7. The molecule has 0 aliphatic rings. The molecule has 3 N–H and O–H groups in total. The van der Waals surface area contributed by atoms with E-state index in [2.05, 4.69) is 4.98 Å². The molecule has 0 aliphatic heterocycles. The molecular weight excluding hydrogens is 473 g/mol. The molecule has 166 valence electrons. The summed E-state index contributed by atoms with van der Waals surface area (Å²) in [6.45, 7) is 0. The minimum Gasteiger partial charge on any atom is -0.628 e. The second kappa shape index (κ2) is 9.45. The number of nitrogens with one attached hydrogen (secondary N) is 2. The van der Waals surface area contributed by atoms with E-state index < -0.39 is 22.2 Å². The topological polar surface area (TPSA) is 107 Å². The first-order valence-corrected chi connectivity index (χ1v) is 12.6. The van der Waals surface area contributed by atoms with Gasteiger partial charge >= 0.3 is 10.3 Å². The SMILES string of the molecule is O=S(=O)(O)Nc1ccc(CC(c2csc(-c3cccs3)n2)[NH+]([O-])c2cccc(F)c2)cc1. The zero-order valence-corrected chi connectivity index (χ0v) is 18.9. The van der Waals surface area contributed by atoms with E-state index in [-0.39, 0.29) is 22.9 Å². The maximum atomic E-state index is 13.7. The molecule has 2 aromatic heterocycles. The number of anilines is 1. The molecule has 2 heterocycles. The Hall–Kier alpha value is -2.67. The van der Waals surface area contributed by atoms with Crippen molar-refractivity contribution >= 4 is 44.4 Å². The maximum Gasteiger partial charge on any atom is 0.357 e. The summed E-state index contributed by atoms with van der Waals surface area (Å²) in [6.07, 6.45) is 0.287. The summed E-state index contributed by atoms with van der Waals surface area (Å²) in [4.78, 5) is 5.67. The Morgan fingerprint density at radius 3 is 2.56 bits per heavy atom. The van der Waals surface area contributed by atoms with Gasteiger partial charge in [0.1, 0.15) is 28.2 Å². The number of hydrogen-bond acceptors (Lipinski definition) is 6. The van der Waals surface area contributed by atoms with Crippen molar-refractivity contribution in [3.05, 3.63) is 93.7 Å². The van der Waals surface area contributed by atoms with Gasteiger partial charge in [0, 0.05) is 17.9 Å².